The molecule has 29 heavy (non-hydrogen) atoms. The molecular weight excluding hydrogens is 405 g/mol. The Bertz CT molecular complexity index is 927. The molecular formula is C20H17F3N2O3S. The summed E-state index contributed by atoms with van der Waals surface area (Å²) in [6.45, 7) is 1.66. The average Bonchev–Trinajstić information content (AvgIpc) is 2.92. The van der Waals surface area contributed by atoms with Gasteiger partial charge in [0.25, 0.3) is 11.8 Å². The molecule has 0 fully saturated rings. The molecule has 1 unspecified atom stereocenters. The van der Waals surface area contributed by atoms with Crippen LogP contribution in [0.1, 0.15) is 33.2 Å². The summed E-state index contributed by atoms with van der Waals surface area (Å²) in [7, 11) is 0. The highest BCUT2D eigenvalue weighted by atomic mass is 32.2. The first-order valence-corrected chi connectivity index (χ1v) is 9.79. The third-order valence-corrected chi connectivity index (χ3v) is 5.55. The SMILES string of the molecule is CC(SCCN1C(=O)c2ccccc2C1=O)C(=O)Nc1ccccc1C(F)(F)F. The minimum Gasteiger partial charge on any atom is -0.325 e. The predicted molar refractivity (Wildman–Crippen MR) is 104 cm³/mol. The minimum atomic E-state index is -4.58. The van der Waals surface area contributed by atoms with Gasteiger partial charge in [-0.1, -0.05) is 24.3 Å². The maximum absolute atomic E-state index is 13.0. The fourth-order valence-corrected chi connectivity index (χ4v) is 3.76. The van der Waals surface area contributed by atoms with Crippen LogP contribution < -0.4 is 5.32 Å². The smallest absolute Gasteiger partial charge is 0.325 e. The highest BCUT2D eigenvalue weighted by Crippen LogP contribution is 2.34. The molecule has 1 aliphatic rings. The van der Waals surface area contributed by atoms with Gasteiger partial charge in [-0.3, -0.25) is 19.3 Å². The zero-order valence-corrected chi connectivity index (χ0v) is 16.1. The molecule has 9 heteroatoms. The Balaban J connectivity index is 1.56. The number of anilines is 1. The van der Waals surface area contributed by atoms with E-state index in [-0.39, 0.29) is 29.8 Å². The van der Waals surface area contributed by atoms with Gasteiger partial charge in [-0.05, 0) is 31.2 Å². The molecule has 2 aromatic rings. The van der Waals surface area contributed by atoms with Crippen LogP contribution in [-0.4, -0.2) is 40.2 Å². The zero-order valence-electron chi connectivity index (χ0n) is 15.3. The molecule has 0 aliphatic carbocycles. The van der Waals surface area contributed by atoms with E-state index in [9.17, 15) is 27.6 Å². The van der Waals surface area contributed by atoms with E-state index in [1.165, 1.54) is 18.2 Å². The van der Waals surface area contributed by atoms with Gasteiger partial charge in [0.05, 0.1) is 27.6 Å². The summed E-state index contributed by atoms with van der Waals surface area (Å²) < 4.78 is 39.1. The Kier molecular flexibility index (Phi) is 5.97. The molecule has 0 saturated carbocycles. The summed E-state index contributed by atoms with van der Waals surface area (Å²) in [6, 6.07) is 11.3. The Hall–Kier alpha value is -2.81. The Morgan fingerprint density at radius 1 is 1.03 bits per heavy atom. The van der Waals surface area contributed by atoms with E-state index in [0.29, 0.717) is 11.1 Å². The van der Waals surface area contributed by atoms with Crippen LogP contribution in [0.15, 0.2) is 48.5 Å². The van der Waals surface area contributed by atoms with Crippen LogP contribution in [0.5, 0.6) is 0 Å². The van der Waals surface area contributed by atoms with Crippen LogP contribution >= 0.6 is 11.8 Å². The van der Waals surface area contributed by atoms with Crippen molar-refractivity contribution in [2.45, 2.75) is 18.3 Å². The van der Waals surface area contributed by atoms with Crippen LogP contribution in [0.25, 0.3) is 0 Å². The lowest BCUT2D eigenvalue weighted by Crippen LogP contribution is -2.33. The number of thioether (sulfide) groups is 1. The van der Waals surface area contributed by atoms with Crippen molar-refractivity contribution < 1.29 is 27.6 Å². The molecule has 1 N–H and O–H groups in total. The highest BCUT2D eigenvalue weighted by molar-refractivity contribution is 8.00. The second kappa shape index (κ2) is 8.28. The number of halogens is 3. The van der Waals surface area contributed by atoms with Gasteiger partial charge in [0, 0.05) is 12.3 Å². The van der Waals surface area contributed by atoms with Gasteiger partial charge >= 0.3 is 6.18 Å². The number of imide groups is 1. The van der Waals surface area contributed by atoms with E-state index in [4.69, 9.17) is 0 Å². The lowest BCUT2D eigenvalue weighted by Gasteiger charge is -2.17. The number of carbonyl (C=O) groups is 3. The van der Waals surface area contributed by atoms with Crippen LogP contribution in [0.2, 0.25) is 0 Å². The van der Waals surface area contributed by atoms with Gasteiger partial charge in [0.1, 0.15) is 0 Å². The number of para-hydroxylation sites is 1. The summed E-state index contributed by atoms with van der Waals surface area (Å²) in [5.74, 6) is -1.08. The van der Waals surface area contributed by atoms with Gasteiger partial charge < -0.3 is 5.32 Å². The maximum Gasteiger partial charge on any atom is 0.418 e. The molecule has 3 rings (SSSR count). The van der Waals surface area contributed by atoms with E-state index in [1.54, 1.807) is 31.2 Å². The van der Waals surface area contributed by atoms with Crippen molar-refractivity contribution in [1.29, 1.82) is 0 Å². The lowest BCUT2D eigenvalue weighted by molar-refractivity contribution is -0.137. The summed E-state index contributed by atoms with van der Waals surface area (Å²) in [4.78, 5) is 38.0. The van der Waals surface area contributed by atoms with Gasteiger partial charge in [0.2, 0.25) is 5.91 Å². The molecule has 1 aliphatic heterocycles. The van der Waals surface area contributed by atoms with E-state index in [0.717, 1.165) is 22.7 Å². The van der Waals surface area contributed by atoms with Crippen LogP contribution in [-0.2, 0) is 11.0 Å². The topological polar surface area (TPSA) is 66.5 Å². The molecule has 0 radical (unpaired) electrons. The predicted octanol–water partition coefficient (Wildman–Crippen LogP) is 4.06. The number of fused-ring (bicyclic) bond motifs is 1. The Morgan fingerprint density at radius 2 is 1.59 bits per heavy atom. The highest BCUT2D eigenvalue weighted by Gasteiger charge is 2.35. The van der Waals surface area contributed by atoms with Crippen LogP contribution in [0, 0.1) is 0 Å². The molecule has 2 aromatic carbocycles. The fourth-order valence-electron chi connectivity index (χ4n) is 2.91. The number of amides is 3. The molecule has 0 saturated heterocycles. The molecule has 0 bridgehead atoms. The molecule has 152 valence electrons. The largest absolute Gasteiger partial charge is 0.418 e. The number of hydrogen-bond donors (Lipinski definition) is 1. The first-order valence-electron chi connectivity index (χ1n) is 8.74. The second-order valence-corrected chi connectivity index (χ2v) is 7.80. The van der Waals surface area contributed by atoms with Gasteiger partial charge in [-0.2, -0.15) is 13.2 Å². The van der Waals surface area contributed by atoms with Crippen molar-refractivity contribution in [2.75, 3.05) is 17.6 Å². The number of benzene rings is 2. The third-order valence-electron chi connectivity index (χ3n) is 4.42. The number of alkyl halides is 3. The summed E-state index contributed by atoms with van der Waals surface area (Å²) >= 11 is 1.15. The van der Waals surface area contributed by atoms with E-state index >= 15 is 0 Å². The molecule has 5 nitrogen and oxygen atoms in total. The minimum absolute atomic E-state index is 0.105. The number of nitrogens with zero attached hydrogens (tertiary/aromatic N) is 1. The van der Waals surface area contributed by atoms with E-state index < -0.39 is 22.9 Å². The molecule has 0 aromatic heterocycles. The first-order chi connectivity index (χ1) is 13.7. The molecule has 1 heterocycles. The second-order valence-electron chi connectivity index (χ2n) is 6.35. The quantitative estimate of drug-likeness (QED) is 0.713. The average molecular weight is 422 g/mol. The Labute approximate surface area is 169 Å². The van der Waals surface area contributed by atoms with Crippen molar-refractivity contribution in [3.05, 3.63) is 65.2 Å². The monoisotopic (exact) mass is 422 g/mol. The zero-order chi connectivity index (χ0) is 21.2. The van der Waals surface area contributed by atoms with Crippen molar-refractivity contribution in [2.24, 2.45) is 0 Å². The Morgan fingerprint density at radius 3 is 2.17 bits per heavy atom. The van der Waals surface area contributed by atoms with Gasteiger partial charge in [-0.25, -0.2) is 0 Å². The van der Waals surface area contributed by atoms with Crippen molar-refractivity contribution in [3.8, 4) is 0 Å². The standard InChI is InChI=1S/C20H17F3N2O3S/c1-12(17(26)24-16-9-5-4-8-15(16)20(21,22)23)29-11-10-25-18(27)13-6-2-3-7-14(13)19(25)28/h2-9,12H,10-11H2,1H3,(H,24,26). The number of carbonyl (C=O) groups excluding carboxylic acids is 3. The normalized spacial score (nSPS) is 14.7. The summed E-state index contributed by atoms with van der Waals surface area (Å²) in [6.07, 6.45) is -4.58. The number of rotatable bonds is 6. The van der Waals surface area contributed by atoms with Crippen LogP contribution in [0.3, 0.4) is 0 Å². The molecule has 1 atom stereocenters. The number of hydrogen-bond acceptors (Lipinski definition) is 4. The third kappa shape index (κ3) is 4.45. The van der Waals surface area contributed by atoms with E-state index in [2.05, 4.69) is 5.32 Å². The van der Waals surface area contributed by atoms with Gasteiger partial charge in [0.15, 0.2) is 0 Å². The summed E-state index contributed by atoms with van der Waals surface area (Å²) in [5, 5.41) is 1.63. The first kappa shape index (κ1) is 20.9. The van der Waals surface area contributed by atoms with Gasteiger partial charge in [-0.15, -0.1) is 11.8 Å². The lowest BCUT2D eigenvalue weighted by atomic mass is 10.1. The fraction of sp³-hybridized carbons (Fsp3) is 0.250. The molecule has 0 spiro atoms. The van der Waals surface area contributed by atoms with Crippen molar-refractivity contribution >= 4 is 35.2 Å². The van der Waals surface area contributed by atoms with E-state index in [1.807, 2.05) is 0 Å². The van der Waals surface area contributed by atoms with Crippen molar-refractivity contribution in [1.82, 2.24) is 4.90 Å². The summed E-state index contributed by atoms with van der Waals surface area (Å²) in [5.41, 5.74) is -0.538. The number of nitrogens with one attached hydrogen (secondary N) is 1. The van der Waals surface area contributed by atoms with Crippen LogP contribution in [0.4, 0.5) is 18.9 Å². The van der Waals surface area contributed by atoms with Crippen molar-refractivity contribution in [3.63, 3.8) is 0 Å². The maximum atomic E-state index is 13.0. The molecule has 3 amide bonds.